The summed E-state index contributed by atoms with van der Waals surface area (Å²) in [6, 6.07) is 5.25. The molecule has 1 aromatic carbocycles. The Balaban J connectivity index is 2.80. The Labute approximate surface area is 75.4 Å². The maximum absolute atomic E-state index is 9.08. The first kappa shape index (κ1) is 8.28. The number of hydrogen-bond acceptors (Lipinski definition) is 3. The van der Waals surface area contributed by atoms with Crippen LogP contribution in [0, 0.1) is 6.92 Å². The Hall–Kier alpha value is -1.33. The Kier molecular flexibility index (Phi) is 1.83. The number of aromatic amines is 1. The first-order valence-electron chi connectivity index (χ1n) is 4.00. The van der Waals surface area contributed by atoms with Crippen LogP contribution in [0.4, 0.5) is 0 Å². The molecule has 0 radical (unpaired) electrons. The van der Waals surface area contributed by atoms with Crippen molar-refractivity contribution >= 4 is 23.5 Å². The van der Waals surface area contributed by atoms with Crippen LogP contribution in [0.15, 0.2) is 18.2 Å². The van der Waals surface area contributed by atoms with Crippen molar-refractivity contribution in [2.75, 3.05) is 0 Å². The Morgan fingerprint density at radius 3 is 2.85 bits per heavy atom. The molecular formula is C8H9BN2O2. The van der Waals surface area contributed by atoms with Crippen molar-refractivity contribution in [2.45, 2.75) is 6.92 Å². The van der Waals surface area contributed by atoms with Gasteiger partial charge in [0.05, 0.1) is 5.52 Å². The second-order valence-corrected chi connectivity index (χ2v) is 2.96. The van der Waals surface area contributed by atoms with Gasteiger partial charge in [-0.25, -0.2) is 0 Å². The highest BCUT2D eigenvalue weighted by atomic mass is 16.4. The van der Waals surface area contributed by atoms with E-state index in [4.69, 9.17) is 10.0 Å². The van der Waals surface area contributed by atoms with E-state index in [1.54, 1.807) is 12.1 Å². The molecule has 2 rings (SSSR count). The standard InChI is InChI=1S/C8H9BN2O2/c1-5-8-6(9(12)13)3-2-4-7(8)11-10-5/h2-4,12-13H,1H3,(H,10,11). The fourth-order valence-corrected chi connectivity index (χ4v) is 1.47. The Morgan fingerprint density at radius 2 is 2.15 bits per heavy atom. The Bertz CT molecular complexity index is 439. The lowest BCUT2D eigenvalue weighted by atomic mass is 9.78. The van der Waals surface area contributed by atoms with E-state index >= 15 is 0 Å². The number of rotatable bonds is 1. The van der Waals surface area contributed by atoms with Crippen molar-refractivity contribution in [3.8, 4) is 0 Å². The summed E-state index contributed by atoms with van der Waals surface area (Å²) in [4.78, 5) is 0. The lowest BCUT2D eigenvalue weighted by Crippen LogP contribution is -2.30. The molecule has 1 aromatic heterocycles. The van der Waals surface area contributed by atoms with Crippen molar-refractivity contribution < 1.29 is 10.0 Å². The summed E-state index contributed by atoms with van der Waals surface area (Å²) < 4.78 is 0. The van der Waals surface area contributed by atoms with Crippen molar-refractivity contribution in [3.05, 3.63) is 23.9 Å². The third kappa shape index (κ3) is 1.22. The van der Waals surface area contributed by atoms with Gasteiger partial charge in [-0.2, -0.15) is 5.10 Å². The average Bonchev–Trinajstić information content (AvgIpc) is 2.48. The van der Waals surface area contributed by atoms with Crippen molar-refractivity contribution in [2.24, 2.45) is 0 Å². The lowest BCUT2D eigenvalue weighted by Gasteiger charge is -2.00. The van der Waals surface area contributed by atoms with Crippen LogP contribution in [0.2, 0.25) is 0 Å². The molecule has 2 aromatic rings. The van der Waals surface area contributed by atoms with Gasteiger partial charge in [-0.15, -0.1) is 0 Å². The quantitative estimate of drug-likeness (QED) is 0.515. The second-order valence-electron chi connectivity index (χ2n) is 2.96. The molecule has 3 N–H and O–H groups in total. The first-order valence-corrected chi connectivity index (χ1v) is 4.00. The van der Waals surface area contributed by atoms with E-state index in [-0.39, 0.29) is 0 Å². The molecule has 0 aliphatic carbocycles. The number of nitrogens with zero attached hydrogens (tertiary/aromatic N) is 1. The number of aryl methyl sites for hydroxylation is 1. The summed E-state index contributed by atoms with van der Waals surface area (Å²) >= 11 is 0. The molecule has 0 saturated carbocycles. The molecule has 0 bridgehead atoms. The van der Waals surface area contributed by atoms with E-state index in [0.717, 1.165) is 16.6 Å². The van der Waals surface area contributed by atoms with Crippen LogP contribution < -0.4 is 5.46 Å². The van der Waals surface area contributed by atoms with Crippen molar-refractivity contribution in [1.29, 1.82) is 0 Å². The van der Waals surface area contributed by atoms with Gasteiger partial charge >= 0.3 is 7.12 Å². The maximum Gasteiger partial charge on any atom is 0.489 e. The monoisotopic (exact) mass is 176 g/mol. The lowest BCUT2D eigenvalue weighted by molar-refractivity contribution is 0.426. The minimum absolute atomic E-state index is 0.490. The average molecular weight is 176 g/mol. The molecule has 4 nitrogen and oxygen atoms in total. The predicted molar refractivity (Wildman–Crippen MR) is 50.7 cm³/mol. The number of benzene rings is 1. The first-order chi connectivity index (χ1) is 6.20. The van der Waals surface area contributed by atoms with E-state index in [0.29, 0.717) is 5.46 Å². The van der Waals surface area contributed by atoms with Gasteiger partial charge < -0.3 is 10.0 Å². The summed E-state index contributed by atoms with van der Waals surface area (Å²) in [6.45, 7) is 1.85. The molecule has 13 heavy (non-hydrogen) atoms. The maximum atomic E-state index is 9.08. The highest BCUT2D eigenvalue weighted by molar-refractivity contribution is 6.62. The topological polar surface area (TPSA) is 69.1 Å². The van der Waals surface area contributed by atoms with Gasteiger partial charge in [-0.3, -0.25) is 5.10 Å². The highest BCUT2D eigenvalue weighted by Gasteiger charge is 2.16. The van der Waals surface area contributed by atoms with Crippen LogP contribution in [0.25, 0.3) is 10.9 Å². The van der Waals surface area contributed by atoms with Crippen LogP contribution in [0.5, 0.6) is 0 Å². The van der Waals surface area contributed by atoms with Crippen LogP contribution in [-0.2, 0) is 0 Å². The van der Waals surface area contributed by atoms with Crippen LogP contribution >= 0.6 is 0 Å². The van der Waals surface area contributed by atoms with Gasteiger partial charge in [0.2, 0.25) is 0 Å². The number of hydrogen-bond donors (Lipinski definition) is 3. The van der Waals surface area contributed by atoms with Crippen molar-refractivity contribution in [3.63, 3.8) is 0 Å². The summed E-state index contributed by atoms with van der Waals surface area (Å²) in [5.41, 5.74) is 2.09. The van der Waals surface area contributed by atoms with E-state index in [1.807, 2.05) is 13.0 Å². The zero-order valence-electron chi connectivity index (χ0n) is 7.15. The van der Waals surface area contributed by atoms with Gasteiger partial charge in [0.25, 0.3) is 0 Å². The molecule has 0 spiro atoms. The molecular weight excluding hydrogens is 167 g/mol. The van der Waals surface area contributed by atoms with Gasteiger partial charge in [-0.1, -0.05) is 12.1 Å². The normalized spacial score (nSPS) is 10.7. The van der Waals surface area contributed by atoms with Crippen LogP contribution in [-0.4, -0.2) is 27.4 Å². The number of fused-ring (bicyclic) bond motifs is 1. The minimum Gasteiger partial charge on any atom is -0.423 e. The zero-order valence-corrected chi connectivity index (χ0v) is 7.15. The number of H-pyrrole nitrogens is 1. The van der Waals surface area contributed by atoms with E-state index < -0.39 is 7.12 Å². The number of nitrogens with one attached hydrogen (secondary N) is 1. The fourth-order valence-electron chi connectivity index (χ4n) is 1.47. The SMILES string of the molecule is Cc1[nH]nc2cccc(B(O)O)c12. The molecule has 0 aliphatic rings. The van der Waals surface area contributed by atoms with Crippen LogP contribution in [0.1, 0.15) is 5.69 Å². The molecule has 0 atom stereocenters. The van der Waals surface area contributed by atoms with Gasteiger partial charge in [0.15, 0.2) is 0 Å². The molecule has 1 heterocycles. The third-order valence-corrected chi connectivity index (χ3v) is 2.07. The van der Waals surface area contributed by atoms with Crippen LogP contribution in [0.3, 0.4) is 0 Å². The van der Waals surface area contributed by atoms with E-state index in [9.17, 15) is 0 Å². The zero-order chi connectivity index (χ0) is 9.42. The summed E-state index contributed by atoms with van der Waals surface area (Å²) in [7, 11) is -1.44. The second kappa shape index (κ2) is 2.87. The van der Waals surface area contributed by atoms with E-state index in [1.165, 1.54) is 0 Å². The fraction of sp³-hybridized carbons (Fsp3) is 0.125. The van der Waals surface area contributed by atoms with Gasteiger partial charge in [-0.05, 0) is 18.5 Å². The predicted octanol–water partition coefficient (Wildman–Crippen LogP) is -0.449. The molecule has 0 fully saturated rings. The molecule has 0 saturated heterocycles. The number of aromatic nitrogens is 2. The summed E-state index contributed by atoms with van der Waals surface area (Å²) in [5.74, 6) is 0. The molecule has 0 aliphatic heterocycles. The summed E-state index contributed by atoms with van der Waals surface area (Å²) in [6.07, 6.45) is 0. The Morgan fingerprint density at radius 1 is 1.38 bits per heavy atom. The van der Waals surface area contributed by atoms with E-state index in [2.05, 4.69) is 10.2 Å². The molecule has 0 unspecified atom stereocenters. The smallest absolute Gasteiger partial charge is 0.423 e. The largest absolute Gasteiger partial charge is 0.489 e. The molecule has 66 valence electrons. The molecule has 5 heteroatoms. The third-order valence-electron chi connectivity index (χ3n) is 2.07. The highest BCUT2D eigenvalue weighted by Crippen LogP contribution is 2.12. The van der Waals surface area contributed by atoms with Crippen molar-refractivity contribution in [1.82, 2.24) is 10.2 Å². The minimum atomic E-state index is -1.44. The van der Waals surface area contributed by atoms with Gasteiger partial charge in [0.1, 0.15) is 0 Å². The van der Waals surface area contributed by atoms with Gasteiger partial charge in [0, 0.05) is 11.1 Å². The molecule has 0 amide bonds. The summed E-state index contributed by atoms with van der Waals surface area (Å²) in [5, 5.41) is 25.8.